The molecule has 0 radical (unpaired) electrons. The molecule has 0 unspecified atom stereocenters. The summed E-state index contributed by atoms with van der Waals surface area (Å²) in [7, 11) is 0. The molecule has 0 heterocycles. The number of anilines is 1. The van der Waals surface area contributed by atoms with Crippen molar-refractivity contribution in [3.63, 3.8) is 0 Å². The smallest absolute Gasteiger partial charge is 0.171 e. The normalized spacial score (nSPS) is 11.9. The zero-order chi connectivity index (χ0) is 21.5. The van der Waals surface area contributed by atoms with E-state index in [2.05, 4.69) is 105 Å². The number of benzene rings is 3. The molecular formula is C26H30N2S2. The molecule has 30 heavy (non-hydrogen) atoms. The highest BCUT2D eigenvalue weighted by Crippen LogP contribution is 2.26. The van der Waals surface area contributed by atoms with Gasteiger partial charge in [0.25, 0.3) is 0 Å². The standard InChI is InChI=1S/C26H30N2S2/c1-18(2)25(24-15-10-19(3)16-20(24)4)28-26(29)27-22-13-11-21(12-14-22)17-30-23-8-6-5-7-9-23/h5-16,18,25H,17H2,1-4H3,(H2,27,28,29)/t25-/m1/s1. The Hall–Kier alpha value is -2.30. The third-order valence-corrected chi connectivity index (χ3v) is 6.38. The maximum atomic E-state index is 5.62. The molecule has 0 aliphatic heterocycles. The van der Waals surface area contributed by atoms with E-state index in [1.807, 2.05) is 17.8 Å². The van der Waals surface area contributed by atoms with E-state index in [0.717, 1.165) is 11.4 Å². The van der Waals surface area contributed by atoms with Gasteiger partial charge in [0.1, 0.15) is 0 Å². The zero-order valence-electron chi connectivity index (χ0n) is 18.1. The van der Waals surface area contributed by atoms with Gasteiger partial charge in [-0.05, 0) is 72.9 Å². The van der Waals surface area contributed by atoms with Gasteiger partial charge in [0.2, 0.25) is 0 Å². The summed E-state index contributed by atoms with van der Waals surface area (Å²) >= 11 is 7.47. The van der Waals surface area contributed by atoms with Crippen LogP contribution in [0.1, 0.15) is 42.1 Å². The van der Waals surface area contributed by atoms with Gasteiger partial charge >= 0.3 is 0 Å². The average Bonchev–Trinajstić information content (AvgIpc) is 2.72. The van der Waals surface area contributed by atoms with Gasteiger partial charge in [-0.2, -0.15) is 0 Å². The fourth-order valence-corrected chi connectivity index (χ4v) is 4.57. The van der Waals surface area contributed by atoms with E-state index in [1.54, 1.807) is 0 Å². The van der Waals surface area contributed by atoms with Crippen molar-refractivity contribution in [3.05, 3.63) is 95.1 Å². The number of aryl methyl sites for hydroxylation is 2. The SMILES string of the molecule is Cc1ccc([C@H](NC(=S)Nc2ccc(CSc3ccccc3)cc2)C(C)C)c(C)c1. The third kappa shape index (κ3) is 6.35. The van der Waals surface area contributed by atoms with Gasteiger partial charge in [0.05, 0.1) is 6.04 Å². The molecule has 2 nitrogen and oxygen atoms in total. The Kier molecular flexibility index (Phi) is 7.94. The third-order valence-electron chi connectivity index (χ3n) is 5.07. The molecule has 0 saturated carbocycles. The van der Waals surface area contributed by atoms with E-state index in [1.165, 1.54) is 27.1 Å². The first-order valence-corrected chi connectivity index (χ1v) is 11.7. The Labute approximate surface area is 190 Å². The molecule has 1 atom stereocenters. The van der Waals surface area contributed by atoms with Gasteiger partial charge in [0, 0.05) is 16.3 Å². The summed E-state index contributed by atoms with van der Waals surface area (Å²) in [6.07, 6.45) is 0. The second kappa shape index (κ2) is 10.6. The highest BCUT2D eigenvalue weighted by Gasteiger charge is 2.18. The van der Waals surface area contributed by atoms with E-state index < -0.39 is 0 Å². The lowest BCUT2D eigenvalue weighted by atomic mass is 9.92. The Balaban J connectivity index is 1.59. The lowest BCUT2D eigenvalue weighted by Gasteiger charge is -2.26. The summed E-state index contributed by atoms with van der Waals surface area (Å²) in [5.41, 5.74) is 6.18. The van der Waals surface area contributed by atoms with Gasteiger partial charge in [0.15, 0.2) is 5.11 Å². The Morgan fingerprint density at radius 1 is 0.933 bits per heavy atom. The Bertz CT molecular complexity index is 966. The lowest BCUT2D eigenvalue weighted by molar-refractivity contribution is 0.471. The van der Waals surface area contributed by atoms with Crippen LogP contribution < -0.4 is 10.6 Å². The van der Waals surface area contributed by atoms with Crippen molar-refractivity contribution in [2.45, 2.75) is 44.4 Å². The van der Waals surface area contributed by atoms with Gasteiger partial charge in [-0.3, -0.25) is 0 Å². The molecule has 0 spiro atoms. The molecule has 0 aliphatic carbocycles. The van der Waals surface area contributed by atoms with Crippen LogP contribution in [0, 0.1) is 19.8 Å². The molecular weight excluding hydrogens is 404 g/mol. The van der Waals surface area contributed by atoms with E-state index in [0.29, 0.717) is 11.0 Å². The van der Waals surface area contributed by atoms with Crippen molar-refractivity contribution in [2.75, 3.05) is 5.32 Å². The van der Waals surface area contributed by atoms with Gasteiger partial charge in [-0.15, -0.1) is 11.8 Å². The average molecular weight is 435 g/mol. The van der Waals surface area contributed by atoms with Gasteiger partial charge in [-0.25, -0.2) is 0 Å². The first kappa shape index (κ1) is 22.4. The Morgan fingerprint density at radius 2 is 1.63 bits per heavy atom. The molecule has 0 saturated heterocycles. The van der Waals surface area contributed by atoms with E-state index in [9.17, 15) is 0 Å². The molecule has 3 aromatic rings. The van der Waals surface area contributed by atoms with Crippen molar-refractivity contribution in [2.24, 2.45) is 5.92 Å². The minimum Gasteiger partial charge on any atom is -0.355 e. The van der Waals surface area contributed by atoms with E-state index >= 15 is 0 Å². The highest BCUT2D eigenvalue weighted by molar-refractivity contribution is 7.98. The predicted octanol–water partition coefficient (Wildman–Crippen LogP) is 7.28. The summed E-state index contributed by atoms with van der Waals surface area (Å²) < 4.78 is 0. The summed E-state index contributed by atoms with van der Waals surface area (Å²) in [5, 5.41) is 7.51. The molecule has 0 aromatic heterocycles. The minimum absolute atomic E-state index is 0.173. The van der Waals surface area contributed by atoms with Crippen LogP contribution in [-0.2, 0) is 5.75 Å². The molecule has 3 aromatic carbocycles. The molecule has 4 heteroatoms. The van der Waals surface area contributed by atoms with Crippen LogP contribution in [0.2, 0.25) is 0 Å². The topological polar surface area (TPSA) is 24.1 Å². The summed E-state index contributed by atoms with van der Waals surface area (Å²) in [6, 6.07) is 25.8. The molecule has 2 N–H and O–H groups in total. The van der Waals surface area contributed by atoms with Crippen LogP contribution >= 0.6 is 24.0 Å². The summed E-state index contributed by atoms with van der Waals surface area (Å²) in [6.45, 7) is 8.74. The number of nitrogens with one attached hydrogen (secondary N) is 2. The van der Waals surface area contributed by atoms with Crippen LogP contribution in [0.15, 0.2) is 77.7 Å². The van der Waals surface area contributed by atoms with Crippen LogP contribution in [0.5, 0.6) is 0 Å². The van der Waals surface area contributed by atoms with Gasteiger partial charge < -0.3 is 10.6 Å². The lowest BCUT2D eigenvalue weighted by Crippen LogP contribution is -2.35. The number of thioether (sulfide) groups is 1. The first-order valence-electron chi connectivity index (χ1n) is 10.3. The maximum absolute atomic E-state index is 5.62. The van der Waals surface area contributed by atoms with Crippen molar-refractivity contribution < 1.29 is 0 Å². The van der Waals surface area contributed by atoms with Crippen LogP contribution in [0.3, 0.4) is 0 Å². The quantitative estimate of drug-likeness (QED) is 0.301. The number of thiocarbonyl (C=S) groups is 1. The van der Waals surface area contributed by atoms with Crippen LogP contribution in [0.4, 0.5) is 5.69 Å². The predicted molar refractivity (Wildman–Crippen MR) is 135 cm³/mol. The second-order valence-corrected chi connectivity index (χ2v) is 9.44. The monoisotopic (exact) mass is 434 g/mol. The van der Waals surface area contributed by atoms with Crippen molar-refractivity contribution in [3.8, 4) is 0 Å². The molecule has 0 fully saturated rings. The largest absolute Gasteiger partial charge is 0.355 e. The van der Waals surface area contributed by atoms with Crippen molar-refractivity contribution in [1.29, 1.82) is 0 Å². The molecule has 156 valence electrons. The number of rotatable bonds is 7. The molecule has 0 amide bonds. The fourth-order valence-electron chi connectivity index (χ4n) is 3.45. The summed E-state index contributed by atoms with van der Waals surface area (Å²) in [4.78, 5) is 1.29. The maximum Gasteiger partial charge on any atom is 0.171 e. The zero-order valence-corrected chi connectivity index (χ0v) is 19.7. The molecule has 0 bridgehead atoms. The summed E-state index contributed by atoms with van der Waals surface area (Å²) in [5.74, 6) is 1.37. The van der Waals surface area contributed by atoms with E-state index in [-0.39, 0.29) is 6.04 Å². The minimum atomic E-state index is 0.173. The number of hydrogen-bond donors (Lipinski definition) is 2. The van der Waals surface area contributed by atoms with Crippen molar-refractivity contribution in [1.82, 2.24) is 5.32 Å². The fraction of sp³-hybridized carbons (Fsp3) is 0.269. The van der Waals surface area contributed by atoms with Crippen molar-refractivity contribution >= 4 is 34.8 Å². The van der Waals surface area contributed by atoms with Gasteiger partial charge in [-0.1, -0.05) is 67.9 Å². The number of hydrogen-bond acceptors (Lipinski definition) is 2. The molecule has 0 aliphatic rings. The second-order valence-electron chi connectivity index (χ2n) is 7.98. The van der Waals surface area contributed by atoms with E-state index in [4.69, 9.17) is 12.2 Å². The highest BCUT2D eigenvalue weighted by atomic mass is 32.2. The van der Waals surface area contributed by atoms with Crippen LogP contribution in [-0.4, -0.2) is 5.11 Å². The Morgan fingerprint density at radius 3 is 2.27 bits per heavy atom. The molecule has 3 rings (SSSR count). The van der Waals surface area contributed by atoms with Crippen LogP contribution in [0.25, 0.3) is 0 Å². The first-order chi connectivity index (χ1) is 14.4.